The van der Waals surface area contributed by atoms with Gasteiger partial charge in [0.25, 0.3) is 0 Å². The predicted molar refractivity (Wildman–Crippen MR) is 45.0 cm³/mol. The van der Waals surface area contributed by atoms with Crippen molar-refractivity contribution in [2.24, 2.45) is 0 Å². The van der Waals surface area contributed by atoms with E-state index in [1.54, 1.807) is 6.08 Å². The van der Waals surface area contributed by atoms with Crippen LogP contribution in [-0.4, -0.2) is 34.9 Å². The first-order chi connectivity index (χ1) is 6.13. The lowest BCUT2D eigenvalue weighted by Crippen LogP contribution is -2.12. The minimum atomic E-state index is -0.415. The summed E-state index contributed by atoms with van der Waals surface area (Å²) < 4.78 is 9.48. The molecule has 0 heterocycles. The van der Waals surface area contributed by atoms with Gasteiger partial charge in [0, 0.05) is 12.5 Å². The van der Waals surface area contributed by atoms with Crippen LogP contribution in [0.5, 0.6) is 0 Å². The van der Waals surface area contributed by atoms with Crippen LogP contribution in [0.4, 0.5) is 0 Å². The van der Waals surface area contributed by atoms with Crippen molar-refractivity contribution >= 4 is 22.2 Å². The van der Waals surface area contributed by atoms with Gasteiger partial charge >= 0.3 is 5.97 Å². The summed E-state index contributed by atoms with van der Waals surface area (Å²) in [5.74, 6) is -0.418. The Kier molecular flexibility index (Phi) is 3.38. The standard InChI is InChI=1S/C8H9O4Si/c1-5(9)12-7-2-6(4-11-13)8(10)3-7/h2,7H,3-4H2,1H3/t7-/m0/s1. The second-order valence-electron chi connectivity index (χ2n) is 2.76. The van der Waals surface area contributed by atoms with Gasteiger partial charge in [-0.15, -0.1) is 0 Å². The van der Waals surface area contributed by atoms with E-state index in [4.69, 9.17) is 4.74 Å². The molecule has 1 rings (SSSR count). The highest BCUT2D eigenvalue weighted by atomic mass is 28.2. The lowest BCUT2D eigenvalue weighted by molar-refractivity contribution is -0.144. The number of ketones is 1. The van der Waals surface area contributed by atoms with Gasteiger partial charge in [-0.25, -0.2) is 0 Å². The van der Waals surface area contributed by atoms with E-state index in [-0.39, 0.29) is 24.8 Å². The fourth-order valence-electron chi connectivity index (χ4n) is 1.19. The first kappa shape index (κ1) is 10.1. The average Bonchev–Trinajstić information content (AvgIpc) is 2.31. The van der Waals surface area contributed by atoms with Crippen LogP contribution < -0.4 is 0 Å². The molecule has 0 amide bonds. The Bertz CT molecular complexity index is 259. The van der Waals surface area contributed by atoms with Crippen molar-refractivity contribution in [2.75, 3.05) is 6.61 Å². The molecule has 1 aliphatic rings. The largest absolute Gasteiger partial charge is 0.458 e. The van der Waals surface area contributed by atoms with Gasteiger partial charge in [0.05, 0.1) is 13.0 Å². The van der Waals surface area contributed by atoms with E-state index in [9.17, 15) is 9.59 Å². The SMILES string of the molecule is CC(=O)O[C@H]1C=C(CO[Si])C(=O)C1. The zero-order valence-corrected chi connectivity index (χ0v) is 8.20. The molecule has 1 atom stereocenters. The Labute approximate surface area is 79.4 Å². The molecule has 5 heteroatoms. The highest BCUT2D eigenvalue weighted by molar-refractivity contribution is 6.01. The van der Waals surface area contributed by atoms with E-state index in [1.807, 2.05) is 0 Å². The van der Waals surface area contributed by atoms with Gasteiger partial charge < -0.3 is 9.16 Å². The van der Waals surface area contributed by atoms with Gasteiger partial charge in [0.15, 0.2) is 5.78 Å². The molecule has 0 saturated heterocycles. The second-order valence-corrected chi connectivity index (χ2v) is 3.04. The monoisotopic (exact) mass is 197 g/mol. The molecule has 13 heavy (non-hydrogen) atoms. The zero-order valence-electron chi connectivity index (χ0n) is 7.20. The zero-order chi connectivity index (χ0) is 9.84. The summed E-state index contributed by atoms with van der Waals surface area (Å²) in [5.41, 5.74) is 0.543. The highest BCUT2D eigenvalue weighted by Gasteiger charge is 2.25. The molecule has 3 radical (unpaired) electrons. The number of Topliss-reactive ketones (excluding diaryl/α,β-unsaturated/α-hetero) is 1. The number of hydrogen-bond donors (Lipinski definition) is 0. The highest BCUT2D eigenvalue weighted by Crippen LogP contribution is 2.17. The summed E-state index contributed by atoms with van der Waals surface area (Å²) >= 11 is 0. The van der Waals surface area contributed by atoms with Crippen LogP contribution in [0.3, 0.4) is 0 Å². The van der Waals surface area contributed by atoms with Crippen molar-refractivity contribution in [3.8, 4) is 0 Å². The fourth-order valence-corrected chi connectivity index (χ4v) is 1.34. The van der Waals surface area contributed by atoms with Crippen molar-refractivity contribution in [3.63, 3.8) is 0 Å². The number of esters is 1. The van der Waals surface area contributed by atoms with E-state index in [1.165, 1.54) is 6.92 Å². The molecule has 0 fully saturated rings. The van der Waals surface area contributed by atoms with Crippen molar-refractivity contribution in [1.82, 2.24) is 0 Å². The molecule has 0 aliphatic heterocycles. The van der Waals surface area contributed by atoms with E-state index in [0.29, 0.717) is 5.57 Å². The van der Waals surface area contributed by atoms with Crippen LogP contribution >= 0.6 is 0 Å². The first-order valence-electron chi connectivity index (χ1n) is 3.83. The van der Waals surface area contributed by atoms with E-state index in [0.717, 1.165) is 0 Å². The third kappa shape index (κ3) is 2.78. The molecule has 0 unspecified atom stereocenters. The van der Waals surface area contributed by atoms with Crippen molar-refractivity contribution in [2.45, 2.75) is 19.4 Å². The normalized spacial score (nSPS) is 21.5. The number of carbonyl (C=O) groups is 2. The van der Waals surface area contributed by atoms with Gasteiger partial charge in [-0.3, -0.25) is 9.59 Å². The summed E-state index contributed by atoms with van der Waals surface area (Å²) in [6.45, 7) is 1.52. The van der Waals surface area contributed by atoms with Crippen LogP contribution in [0.2, 0.25) is 0 Å². The molecule has 0 bridgehead atoms. The molecular formula is C8H9O4Si. The van der Waals surface area contributed by atoms with Gasteiger partial charge in [-0.05, 0) is 6.08 Å². The lowest BCUT2D eigenvalue weighted by Gasteiger charge is -2.05. The van der Waals surface area contributed by atoms with Gasteiger partial charge in [-0.2, -0.15) is 0 Å². The molecule has 0 aromatic carbocycles. The summed E-state index contributed by atoms with van der Waals surface area (Å²) in [7, 11) is 2.80. The summed E-state index contributed by atoms with van der Waals surface area (Å²) in [4.78, 5) is 21.8. The Morgan fingerprint density at radius 2 is 2.46 bits per heavy atom. The Morgan fingerprint density at radius 3 is 3.00 bits per heavy atom. The number of carbonyl (C=O) groups excluding carboxylic acids is 2. The van der Waals surface area contributed by atoms with Crippen LogP contribution in [-0.2, 0) is 18.8 Å². The average molecular weight is 197 g/mol. The molecule has 0 N–H and O–H groups in total. The van der Waals surface area contributed by atoms with Crippen molar-refractivity contribution < 1.29 is 18.8 Å². The number of ether oxygens (including phenoxy) is 1. The van der Waals surface area contributed by atoms with E-state index >= 15 is 0 Å². The summed E-state index contributed by atoms with van der Waals surface area (Å²) in [5, 5.41) is 0. The Hall–Kier alpha value is -0.943. The fraction of sp³-hybridized carbons (Fsp3) is 0.500. The Morgan fingerprint density at radius 1 is 1.77 bits per heavy atom. The minimum absolute atomic E-state index is 0.0375. The third-order valence-corrected chi connectivity index (χ3v) is 1.82. The maximum Gasteiger partial charge on any atom is 0.303 e. The summed E-state index contributed by atoms with van der Waals surface area (Å²) in [6, 6.07) is 0. The Balaban J connectivity index is 2.55. The quantitative estimate of drug-likeness (QED) is 0.469. The van der Waals surface area contributed by atoms with Gasteiger partial charge in [0.2, 0.25) is 10.5 Å². The molecule has 4 nitrogen and oxygen atoms in total. The van der Waals surface area contributed by atoms with Crippen molar-refractivity contribution in [1.29, 1.82) is 0 Å². The predicted octanol–water partition coefficient (Wildman–Crippen LogP) is -0.0826. The van der Waals surface area contributed by atoms with Crippen molar-refractivity contribution in [3.05, 3.63) is 11.6 Å². The molecule has 0 aromatic heterocycles. The molecule has 69 valence electrons. The van der Waals surface area contributed by atoms with E-state index in [2.05, 4.69) is 14.9 Å². The summed E-state index contributed by atoms with van der Waals surface area (Å²) in [6.07, 6.45) is 1.43. The van der Waals surface area contributed by atoms with Gasteiger partial charge in [0.1, 0.15) is 6.10 Å². The molecule has 1 aliphatic carbocycles. The van der Waals surface area contributed by atoms with Crippen LogP contribution in [0.25, 0.3) is 0 Å². The molecule has 0 saturated carbocycles. The van der Waals surface area contributed by atoms with Crippen LogP contribution in [0.1, 0.15) is 13.3 Å². The van der Waals surface area contributed by atoms with E-state index < -0.39 is 6.10 Å². The number of rotatable bonds is 3. The minimum Gasteiger partial charge on any atom is -0.458 e. The van der Waals surface area contributed by atoms with Crippen LogP contribution in [0, 0.1) is 0 Å². The number of hydrogen-bond acceptors (Lipinski definition) is 4. The maximum absolute atomic E-state index is 11.2. The molecular weight excluding hydrogens is 188 g/mol. The molecule has 0 spiro atoms. The lowest BCUT2D eigenvalue weighted by atomic mass is 10.2. The van der Waals surface area contributed by atoms with Crippen LogP contribution in [0.15, 0.2) is 11.6 Å². The second kappa shape index (κ2) is 4.34. The molecule has 0 aromatic rings. The smallest absolute Gasteiger partial charge is 0.303 e. The third-order valence-electron chi connectivity index (χ3n) is 1.68. The topological polar surface area (TPSA) is 52.6 Å². The van der Waals surface area contributed by atoms with Gasteiger partial charge in [-0.1, -0.05) is 0 Å². The maximum atomic E-state index is 11.2. The first-order valence-corrected chi connectivity index (χ1v) is 4.24.